The minimum atomic E-state index is 0. The Labute approximate surface area is 166 Å². The molecular weight excluding hydrogens is 384 g/mol. The Kier molecular flexibility index (Phi) is 16.6. The van der Waals surface area contributed by atoms with Gasteiger partial charge < -0.3 is 9.80 Å². The zero-order chi connectivity index (χ0) is 16.8. The smallest absolute Gasteiger partial charge is 0.122 e. The van der Waals surface area contributed by atoms with Crippen molar-refractivity contribution < 1.29 is 0 Å². The largest absolute Gasteiger partial charge is 0.357 e. The standard InChI is InChI=1S/C20H39ClN2.BrH/c1-3-4-5-6-7-8-9-10-11-12-13-14-15-16-17-23-18-20(21)22(2)19-23;/h18H,3-17,19H2,1-2H3;1H. The fourth-order valence-electron chi connectivity index (χ4n) is 3.27. The molecular formula is C20H40BrClN2. The quantitative estimate of drug-likeness (QED) is 0.201. The van der Waals surface area contributed by atoms with E-state index in [0.29, 0.717) is 0 Å². The molecule has 0 aliphatic carbocycles. The molecule has 0 aromatic rings. The van der Waals surface area contributed by atoms with Crippen molar-refractivity contribution >= 4 is 28.6 Å². The highest BCUT2D eigenvalue weighted by Crippen LogP contribution is 2.18. The predicted octanol–water partition coefficient (Wildman–Crippen LogP) is 7.29. The van der Waals surface area contributed by atoms with E-state index in [0.717, 1.165) is 18.4 Å². The maximum Gasteiger partial charge on any atom is 0.122 e. The van der Waals surface area contributed by atoms with Crippen LogP contribution in [0.4, 0.5) is 0 Å². The zero-order valence-electron chi connectivity index (χ0n) is 16.1. The zero-order valence-corrected chi connectivity index (χ0v) is 18.5. The molecule has 1 rings (SSSR count). The molecule has 0 unspecified atom stereocenters. The normalized spacial score (nSPS) is 14.0. The lowest BCUT2D eigenvalue weighted by Gasteiger charge is -2.17. The molecule has 0 bridgehead atoms. The van der Waals surface area contributed by atoms with E-state index in [2.05, 4.69) is 22.9 Å². The summed E-state index contributed by atoms with van der Waals surface area (Å²) in [6, 6.07) is 0. The van der Waals surface area contributed by atoms with Gasteiger partial charge in [-0.15, -0.1) is 17.0 Å². The number of nitrogens with zero attached hydrogens (tertiary/aromatic N) is 2. The summed E-state index contributed by atoms with van der Waals surface area (Å²) >= 11 is 6.07. The van der Waals surface area contributed by atoms with Crippen LogP contribution >= 0.6 is 28.6 Å². The summed E-state index contributed by atoms with van der Waals surface area (Å²) in [5.74, 6) is 0. The minimum absolute atomic E-state index is 0. The van der Waals surface area contributed by atoms with Gasteiger partial charge >= 0.3 is 0 Å². The first-order valence-corrected chi connectivity index (χ1v) is 10.4. The van der Waals surface area contributed by atoms with Crippen molar-refractivity contribution in [1.82, 2.24) is 9.80 Å². The summed E-state index contributed by atoms with van der Waals surface area (Å²) in [4.78, 5) is 4.41. The molecule has 0 aromatic heterocycles. The summed E-state index contributed by atoms with van der Waals surface area (Å²) < 4.78 is 0. The second kappa shape index (κ2) is 16.6. The number of halogens is 2. The van der Waals surface area contributed by atoms with Gasteiger partial charge in [0, 0.05) is 19.8 Å². The van der Waals surface area contributed by atoms with E-state index in [9.17, 15) is 0 Å². The SMILES string of the molecule is Br.CCCCCCCCCCCCCCCCN1C=C(Cl)N(C)C1. The van der Waals surface area contributed by atoms with Crippen molar-refractivity contribution in [2.45, 2.75) is 96.8 Å². The molecule has 0 amide bonds. The highest BCUT2D eigenvalue weighted by Gasteiger charge is 2.14. The van der Waals surface area contributed by atoms with Crippen LogP contribution in [-0.4, -0.2) is 30.1 Å². The summed E-state index contributed by atoms with van der Waals surface area (Å²) in [6.07, 6.45) is 22.0. The molecule has 0 saturated carbocycles. The van der Waals surface area contributed by atoms with Crippen LogP contribution in [0, 0.1) is 0 Å². The second-order valence-electron chi connectivity index (χ2n) is 7.20. The van der Waals surface area contributed by atoms with Crippen molar-refractivity contribution in [1.29, 1.82) is 0 Å². The molecule has 0 N–H and O–H groups in total. The van der Waals surface area contributed by atoms with Gasteiger partial charge in [0.15, 0.2) is 0 Å². The number of hydrogen-bond donors (Lipinski definition) is 0. The average Bonchev–Trinajstić information content (AvgIpc) is 2.86. The first kappa shape index (κ1) is 24.1. The van der Waals surface area contributed by atoms with Crippen LogP contribution in [-0.2, 0) is 0 Å². The molecule has 0 radical (unpaired) electrons. The Morgan fingerprint density at radius 1 is 0.792 bits per heavy atom. The van der Waals surface area contributed by atoms with E-state index < -0.39 is 0 Å². The third-order valence-electron chi connectivity index (χ3n) is 4.85. The minimum Gasteiger partial charge on any atom is -0.357 e. The number of rotatable bonds is 15. The van der Waals surface area contributed by atoms with Gasteiger partial charge in [0.25, 0.3) is 0 Å². The van der Waals surface area contributed by atoms with Crippen LogP contribution in [0.1, 0.15) is 96.8 Å². The van der Waals surface area contributed by atoms with Gasteiger partial charge in [0.2, 0.25) is 0 Å². The first-order chi connectivity index (χ1) is 11.2. The van der Waals surface area contributed by atoms with E-state index in [4.69, 9.17) is 11.6 Å². The molecule has 0 fully saturated rings. The van der Waals surface area contributed by atoms with Crippen LogP contribution in [0.15, 0.2) is 11.4 Å². The Hall–Kier alpha value is 0.110. The maximum absolute atomic E-state index is 6.07. The predicted molar refractivity (Wildman–Crippen MR) is 114 cm³/mol. The highest BCUT2D eigenvalue weighted by atomic mass is 79.9. The van der Waals surface area contributed by atoms with Crippen molar-refractivity contribution in [2.75, 3.05) is 20.3 Å². The number of unbranched alkanes of at least 4 members (excludes halogenated alkanes) is 13. The molecule has 4 heteroatoms. The van der Waals surface area contributed by atoms with Crippen molar-refractivity contribution in [3.05, 3.63) is 11.4 Å². The highest BCUT2D eigenvalue weighted by molar-refractivity contribution is 8.93. The molecule has 1 aliphatic rings. The fraction of sp³-hybridized carbons (Fsp3) is 0.900. The molecule has 0 spiro atoms. The van der Waals surface area contributed by atoms with Gasteiger partial charge in [0.05, 0.1) is 6.67 Å². The van der Waals surface area contributed by atoms with Gasteiger partial charge in [-0.1, -0.05) is 102 Å². The van der Waals surface area contributed by atoms with Gasteiger partial charge in [-0.25, -0.2) is 0 Å². The Bertz CT molecular complexity index is 310. The van der Waals surface area contributed by atoms with E-state index in [1.807, 2.05) is 7.05 Å². The molecule has 2 nitrogen and oxygen atoms in total. The summed E-state index contributed by atoms with van der Waals surface area (Å²) in [5.41, 5.74) is 0. The lowest BCUT2D eigenvalue weighted by atomic mass is 10.0. The lowest BCUT2D eigenvalue weighted by Crippen LogP contribution is -2.23. The number of hydrogen-bond acceptors (Lipinski definition) is 2. The summed E-state index contributed by atoms with van der Waals surface area (Å²) in [6.45, 7) is 4.40. The molecule has 144 valence electrons. The Morgan fingerprint density at radius 3 is 1.58 bits per heavy atom. The van der Waals surface area contributed by atoms with E-state index in [1.54, 1.807) is 0 Å². The Morgan fingerprint density at radius 2 is 1.21 bits per heavy atom. The van der Waals surface area contributed by atoms with Gasteiger partial charge in [-0.3, -0.25) is 0 Å². The third-order valence-corrected chi connectivity index (χ3v) is 5.23. The monoisotopic (exact) mass is 422 g/mol. The molecule has 24 heavy (non-hydrogen) atoms. The molecule has 1 heterocycles. The molecule has 1 aliphatic heterocycles. The van der Waals surface area contributed by atoms with E-state index in [-0.39, 0.29) is 17.0 Å². The Balaban J connectivity index is 0.00000529. The van der Waals surface area contributed by atoms with Crippen LogP contribution in [0.3, 0.4) is 0 Å². The first-order valence-electron chi connectivity index (χ1n) is 10.1. The summed E-state index contributed by atoms with van der Waals surface area (Å²) in [7, 11) is 2.05. The molecule has 0 aromatic carbocycles. The van der Waals surface area contributed by atoms with Crippen LogP contribution < -0.4 is 0 Å². The average molecular weight is 424 g/mol. The van der Waals surface area contributed by atoms with E-state index in [1.165, 1.54) is 89.9 Å². The van der Waals surface area contributed by atoms with Crippen molar-refractivity contribution in [3.8, 4) is 0 Å². The third kappa shape index (κ3) is 12.5. The van der Waals surface area contributed by atoms with Crippen LogP contribution in [0.2, 0.25) is 0 Å². The lowest BCUT2D eigenvalue weighted by molar-refractivity contribution is 0.288. The maximum atomic E-state index is 6.07. The van der Waals surface area contributed by atoms with Crippen molar-refractivity contribution in [3.63, 3.8) is 0 Å². The van der Waals surface area contributed by atoms with Gasteiger partial charge in [-0.2, -0.15) is 0 Å². The van der Waals surface area contributed by atoms with Gasteiger partial charge in [-0.05, 0) is 6.42 Å². The molecule has 0 saturated heterocycles. The summed E-state index contributed by atoms with van der Waals surface area (Å²) in [5, 5.41) is 0.871. The van der Waals surface area contributed by atoms with Crippen LogP contribution in [0.25, 0.3) is 0 Å². The van der Waals surface area contributed by atoms with Crippen molar-refractivity contribution in [2.24, 2.45) is 0 Å². The van der Waals surface area contributed by atoms with E-state index >= 15 is 0 Å². The fourth-order valence-corrected chi connectivity index (χ4v) is 3.47. The molecule has 0 atom stereocenters. The second-order valence-corrected chi connectivity index (χ2v) is 7.59. The van der Waals surface area contributed by atoms with Gasteiger partial charge in [0.1, 0.15) is 5.16 Å². The van der Waals surface area contributed by atoms with Crippen LogP contribution in [0.5, 0.6) is 0 Å². The topological polar surface area (TPSA) is 6.48 Å².